The third kappa shape index (κ3) is 3.14. The quantitative estimate of drug-likeness (QED) is 0.781. The van der Waals surface area contributed by atoms with Gasteiger partial charge in [-0.2, -0.15) is 17.0 Å². The first-order valence-corrected chi connectivity index (χ1v) is 6.16. The average Bonchev–Trinajstić information content (AvgIpc) is 2.28. The van der Waals surface area contributed by atoms with E-state index in [4.69, 9.17) is 5.26 Å². The van der Waals surface area contributed by atoms with E-state index < -0.39 is 0 Å². The maximum Gasteiger partial charge on any atom is 0.129 e. The molecule has 0 aromatic carbocycles. The molecule has 0 saturated carbocycles. The number of anilines is 1. The minimum Gasteiger partial charge on any atom is -0.356 e. The second kappa shape index (κ2) is 5.62. The van der Waals surface area contributed by atoms with Crippen LogP contribution in [0.5, 0.6) is 0 Å². The lowest BCUT2D eigenvalue weighted by molar-refractivity contribution is 0.753. The predicted molar refractivity (Wildman–Crippen MR) is 65.2 cm³/mol. The van der Waals surface area contributed by atoms with Crippen LogP contribution in [0.25, 0.3) is 0 Å². The highest BCUT2D eigenvalue weighted by Crippen LogP contribution is 2.14. The third-order valence-corrected chi connectivity index (χ3v) is 3.12. The monoisotopic (exact) mass is 221 g/mol. The van der Waals surface area contributed by atoms with Gasteiger partial charge in [-0.3, -0.25) is 0 Å². The van der Waals surface area contributed by atoms with Crippen LogP contribution >= 0.6 is 11.8 Å². The highest BCUT2D eigenvalue weighted by Gasteiger charge is 2.10. The first-order valence-electron chi connectivity index (χ1n) is 4.77. The van der Waals surface area contributed by atoms with Gasteiger partial charge in [-0.1, -0.05) is 0 Å². The number of rotatable bonds is 4. The highest BCUT2D eigenvalue weighted by molar-refractivity contribution is 7.98. The number of thioether (sulfide) groups is 1. The smallest absolute Gasteiger partial charge is 0.129 e. The molecule has 1 aromatic heterocycles. The molecule has 0 saturated heterocycles. The topological polar surface area (TPSA) is 39.9 Å². The Balaban J connectivity index is 2.82. The summed E-state index contributed by atoms with van der Waals surface area (Å²) in [5.74, 6) is 1.91. The van der Waals surface area contributed by atoms with E-state index >= 15 is 0 Å². The molecule has 0 fully saturated rings. The SMILES string of the molecule is CSCC(C)N(C)c1cc(C#N)ccn1. The zero-order chi connectivity index (χ0) is 11.3. The Bertz CT molecular complexity index is 359. The van der Waals surface area contributed by atoms with Crippen molar-refractivity contribution in [1.82, 2.24) is 4.98 Å². The Morgan fingerprint density at radius 3 is 3.00 bits per heavy atom. The van der Waals surface area contributed by atoms with E-state index in [0.29, 0.717) is 11.6 Å². The van der Waals surface area contributed by atoms with Gasteiger partial charge < -0.3 is 4.90 Å². The predicted octanol–water partition coefficient (Wildman–Crippen LogP) is 2.14. The van der Waals surface area contributed by atoms with Gasteiger partial charge in [0.1, 0.15) is 5.82 Å². The average molecular weight is 221 g/mol. The van der Waals surface area contributed by atoms with Crippen LogP contribution in [0.1, 0.15) is 12.5 Å². The molecule has 1 aromatic rings. The van der Waals surface area contributed by atoms with Crippen molar-refractivity contribution in [3.05, 3.63) is 23.9 Å². The number of pyridine rings is 1. The van der Waals surface area contributed by atoms with E-state index in [2.05, 4.69) is 29.1 Å². The molecule has 0 amide bonds. The van der Waals surface area contributed by atoms with Crippen molar-refractivity contribution in [1.29, 1.82) is 5.26 Å². The van der Waals surface area contributed by atoms with Crippen LogP contribution in [0.4, 0.5) is 5.82 Å². The first-order chi connectivity index (χ1) is 7.19. The lowest BCUT2D eigenvalue weighted by Gasteiger charge is -2.25. The summed E-state index contributed by atoms with van der Waals surface area (Å²) < 4.78 is 0. The fourth-order valence-corrected chi connectivity index (χ4v) is 1.97. The van der Waals surface area contributed by atoms with Crippen LogP contribution in [-0.2, 0) is 0 Å². The standard InChI is InChI=1S/C11H15N3S/c1-9(8-15-3)14(2)11-6-10(7-12)4-5-13-11/h4-6,9H,8H2,1-3H3. The maximum atomic E-state index is 8.79. The van der Waals surface area contributed by atoms with Crippen LogP contribution < -0.4 is 4.90 Å². The molecule has 0 aliphatic rings. The van der Waals surface area contributed by atoms with Gasteiger partial charge in [0.25, 0.3) is 0 Å². The van der Waals surface area contributed by atoms with Crippen LogP contribution in [0.15, 0.2) is 18.3 Å². The highest BCUT2D eigenvalue weighted by atomic mass is 32.2. The molecule has 80 valence electrons. The van der Waals surface area contributed by atoms with E-state index in [1.165, 1.54) is 0 Å². The number of hydrogen-bond acceptors (Lipinski definition) is 4. The molecule has 1 atom stereocenters. The van der Waals surface area contributed by atoms with Crippen molar-refractivity contribution < 1.29 is 0 Å². The zero-order valence-corrected chi connectivity index (χ0v) is 10.1. The van der Waals surface area contributed by atoms with E-state index in [-0.39, 0.29) is 0 Å². The Morgan fingerprint density at radius 1 is 1.67 bits per heavy atom. The molecule has 1 heterocycles. The molecular weight excluding hydrogens is 206 g/mol. The minimum absolute atomic E-state index is 0.418. The van der Waals surface area contributed by atoms with Crippen molar-refractivity contribution >= 4 is 17.6 Å². The molecule has 0 bridgehead atoms. The molecule has 3 nitrogen and oxygen atoms in total. The zero-order valence-electron chi connectivity index (χ0n) is 9.27. The summed E-state index contributed by atoms with van der Waals surface area (Å²) in [4.78, 5) is 6.35. The van der Waals surface area contributed by atoms with E-state index in [9.17, 15) is 0 Å². The molecule has 0 N–H and O–H groups in total. The van der Waals surface area contributed by atoms with Crippen LogP contribution in [0.2, 0.25) is 0 Å². The summed E-state index contributed by atoms with van der Waals surface area (Å²) in [7, 11) is 2.00. The van der Waals surface area contributed by atoms with Gasteiger partial charge in [0, 0.05) is 25.0 Å². The Hall–Kier alpha value is -1.21. The fourth-order valence-electron chi connectivity index (χ4n) is 1.26. The summed E-state index contributed by atoms with van der Waals surface area (Å²) in [5, 5.41) is 8.79. The van der Waals surface area contributed by atoms with Crippen molar-refractivity contribution in [2.45, 2.75) is 13.0 Å². The van der Waals surface area contributed by atoms with E-state index in [1.54, 1.807) is 12.3 Å². The van der Waals surface area contributed by atoms with E-state index in [1.807, 2.05) is 24.9 Å². The third-order valence-electron chi connectivity index (χ3n) is 2.30. The summed E-state index contributed by atoms with van der Waals surface area (Å²) in [6.45, 7) is 2.15. The van der Waals surface area contributed by atoms with Crippen LogP contribution in [-0.4, -0.2) is 30.1 Å². The lowest BCUT2D eigenvalue weighted by Crippen LogP contribution is -2.31. The number of aromatic nitrogens is 1. The van der Waals surface area contributed by atoms with Gasteiger partial charge in [0.15, 0.2) is 0 Å². The Labute approximate surface area is 95.1 Å². The lowest BCUT2D eigenvalue weighted by atomic mass is 10.2. The number of nitriles is 1. The van der Waals surface area contributed by atoms with Crippen molar-refractivity contribution in [2.24, 2.45) is 0 Å². The van der Waals surface area contributed by atoms with Gasteiger partial charge in [0.05, 0.1) is 11.6 Å². The van der Waals surface area contributed by atoms with Crippen molar-refractivity contribution in [3.63, 3.8) is 0 Å². The number of hydrogen-bond donors (Lipinski definition) is 0. The van der Waals surface area contributed by atoms with Gasteiger partial charge in [-0.15, -0.1) is 0 Å². The van der Waals surface area contributed by atoms with E-state index in [0.717, 1.165) is 11.6 Å². The molecule has 15 heavy (non-hydrogen) atoms. The second-order valence-corrected chi connectivity index (χ2v) is 4.34. The first kappa shape index (κ1) is 11.9. The normalized spacial score (nSPS) is 11.9. The van der Waals surface area contributed by atoms with Gasteiger partial charge in [0.2, 0.25) is 0 Å². The molecule has 1 rings (SSSR count). The second-order valence-electron chi connectivity index (χ2n) is 3.43. The van der Waals surface area contributed by atoms with Gasteiger partial charge in [-0.25, -0.2) is 4.98 Å². The minimum atomic E-state index is 0.418. The fraction of sp³-hybridized carbons (Fsp3) is 0.455. The molecule has 0 radical (unpaired) electrons. The van der Waals surface area contributed by atoms with Crippen molar-refractivity contribution in [3.8, 4) is 6.07 Å². The molecule has 0 aliphatic carbocycles. The summed E-state index contributed by atoms with van der Waals surface area (Å²) in [5.41, 5.74) is 0.656. The summed E-state index contributed by atoms with van der Waals surface area (Å²) >= 11 is 1.81. The summed E-state index contributed by atoms with van der Waals surface area (Å²) in [6.07, 6.45) is 3.76. The molecule has 0 spiro atoms. The molecular formula is C11H15N3S. The Morgan fingerprint density at radius 2 is 2.40 bits per heavy atom. The molecule has 4 heteroatoms. The summed E-state index contributed by atoms with van der Waals surface area (Å²) in [6, 6.07) is 6.07. The van der Waals surface area contributed by atoms with Crippen LogP contribution in [0, 0.1) is 11.3 Å². The van der Waals surface area contributed by atoms with Gasteiger partial charge >= 0.3 is 0 Å². The maximum absolute atomic E-state index is 8.79. The van der Waals surface area contributed by atoms with Crippen LogP contribution in [0.3, 0.4) is 0 Å². The molecule has 0 aliphatic heterocycles. The Kier molecular flexibility index (Phi) is 4.44. The molecule has 1 unspecified atom stereocenters. The van der Waals surface area contributed by atoms with Gasteiger partial charge in [-0.05, 0) is 25.3 Å². The van der Waals surface area contributed by atoms with Crippen molar-refractivity contribution in [2.75, 3.05) is 24.0 Å². The number of nitrogens with zero attached hydrogens (tertiary/aromatic N) is 3. The largest absolute Gasteiger partial charge is 0.356 e.